The van der Waals surface area contributed by atoms with Crippen molar-refractivity contribution < 1.29 is 19.4 Å². The fourth-order valence-corrected chi connectivity index (χ4v) is 2.75. The number of rotatable bonds is 7. The molecule has 7 heteroatoms. The Morgan fingerprint density at radius 3 is 2.17 bits per heavy atom. The Bertz CT molecular complexity index is 426. The van der Waals surface area contributed by atoms with Gasteiger partial charge in [-0.1, -0.05) is 0 Å². The molecule has 1 heterocycles. The molecule has 1 saturated heterocycles. The van der Waals surface area contributed by atoms with Gasteiger partial charge in [-0.3, -0.25) is 9.69 Å². The van der Waals surface area contributed by atoms with Gasteiger partial charge in [0.15, 0.2) is 0 Å². The number of carbonyl (C=O) groups is 2. The van der Waals surface area contributed by atoms with Crippen molar-refractivity contribution in [3.8, 4) is 0 Å². The molecule has 0 unspecified atom stereocenters. The van der Waals surface area contributed by atoms with Crippen LogP contribution in [0.5, 0.6) is 0 Å². The van der Waals surface area contributed by atoms with Crippen molar-refractivity contribution in [1.29, 1.82) is 0 Å². The number of carboxylic acids is 1. The van der Waals surface area contributed by atoms with Crippen molar-refractivity contribution >= 4 is 12.1 Å². The van der Waals surface area contributed by atoms with E-state index in [9.17, 15) is 14.7 Å². The highest BCUT2D eigenvalue weighted by molar-refractivity contribution is 5.73. The second-order valence-electron chi connectivity index (χ2n) is 7.71. The van der Waals surface area contributed by atoms with Crippen molar-refractivity contribution in [3.05, 3.63) is 0 Å². The van der Waals surface area contributed by atoms with Gasteiger partial charge in [0.1, 0.15) is 5.60 Å². The molecule has 1 aliphatic rings. The van der Waals surface area contributed by atoms with E-state index in [1.165, 1.54) is 0 Å². The number of hydrogen-bond acceptors (Lipinski definition) is 5. The number of aliphatic carboxylic acids is 1. The average Bonchev–Trinajstić information content (AvgIpc) is 2.29. The molecule has 0 bridgehead atoms. The van der Waals surface area contributed by atoms with Crippen LogP contribution in [-0.4, -0.2) is 90.3 Å². The molecule has 0 spiro atoms. The quantitative estimate of drug-likeness (QED) is 0.760. The molecule has 0 aromatic carbocycles. The zero-order valence-corrected chi connectivity index (χ0v) is 15.3. The minimum Gasteiger partial charge on any atom is -0.481 e. The van der Waals surface area contributed by atoms with Gasteiger partial charge in [-0.25, -0.2) is 4.79 Å². The maximum absolute atomic E-state index is 12.1. The first-order valence-corrected chi connectivity index (χ1v) is 8.01. The molecule has 7 nitrogen and oxygen atoms in total. The van der Waals surface area contributed by atoms with Gasteiger partial charge in [0.05, 0.1) is 12.0 Å². The zero-order chi connectivity index (χ0) is 17.8. The van der Waals surface area contributed by atoms with Crippen LogP contribution in [-0.2, 0) is 9.53 Å². The molecule has 0 radical (unpaired) electrons. The van der Waals surface area contributed by atoms with Gasteiger partial charge >= 0.3 is 12.1 Å². The monoisotopic (exact) mass is 329 g/mol. The summed E-state index contributed by atoms with van der Waals surface area (Å²) in [6, 6.07) is 0. The van der Waals surface area contributed by atoms with Crippen molar-refractivity contribution in [2.75, 3.05) is 47.3 Å². The third-order valence-corrected chi connectivity index (χ3v) is 4.01. The Balaban J connectivity index is 2.62. The lowest BCUT2D eigenvalue weighted by atomic mass is 9.84. The van der Waals surface area contributed by atoms with Crippen LogP contribution >= 0.6 is 0 Å². The molecule has 23 heavy (non-hydrogen) atoms. The van der Waals surface area contributed by atoms with Crippen LogP contribution in [0.2, 0.25) is 0 Å². The van der Waals surface area contributed by atoms with Gasteiger partial charge in [-0.2, -0.15) is 0 Å². The highest BCUT2D eigenvalue weighted by Crippen LogP contribution is 2.32. The van der Waals surface area contributed by atoms with Crippen LogP contribution in [0, 0.1) is 0 Å². The summed E-state index contributed by atoms with van der Waals surface area (Å²) in [5, 5.41) is 9.22. The summed E-state index contributed by atoms with van der Waals surface area (Å²) in [6.45, 7) is 8.00. The average molecular weight is 329 g/mol. The number of carbonyl (C=O) groups excluding carboxylic acids is 1. The minimum absolute atomic E-state index is 0.0325. The van der Waals surface area contributed by atoms with Gasteiger partial charge in [-0.05, 0) is 61.4 Å². The van der Waals surface area contributed by atoms with Crippen LogP contribution in [0.25, 0.3) is 0 Å². The summed E-state index contributed by atoms with van der Waals surface area (Å²) in [6.07, 6.45) is 0.613. The maximum atomic E-state index is 12.1. The first-order valence-electron chi connectivity index (χ1n) is 8.01. The molecule has 0 aliphatic carbocycles. The van der Waals surface area contributed by atoms with Crippen molar-refractivity contribution in [3.63, 3.8) is 0 Å². The van der Waals surface area contributed by atoms with Gasteiger partial charge in [0, 0.05) is 13.1 Å². The molecule has 1 N–H and O–H groups in total. The first kappa shape index (κ1) is 19.7. The van der Waals surface area contributed by atoms with Crippen molar-refractivity contribution in [1.82, 2.24) is 14.7 Å². The van der Waals surface area contributed by atoms with Crippen LogP contribution in [0.1, 0.15) is 33.6 Å². The molecule has 0 aromatic heterocycles. The van der Waals surface area contributed by atoms with Crippen LogP contribution in [0.15, 0.2) is 0 Å². The van der Waals surface area contributed by atoms with Crippen molar-refractivity contribution in [2.45, 2.75) is 44.8 Å². The normalized spacial score (nSPS) is 17.3. The molecule has 134 valence electrons. The number of nitrogens with zero attached hydrogens (tertiary/aromatic N) is 3. The maximum Gasteiger partial charge on any atom is 0.410 e. The molecule has 1 rings (SSSR count). The molecule has 1 fully saturated rings. The lowest BCUT2D eigenvalue weighted by molar-refractivity contribution is -0.145. The number of amides is 1. The molecular weight excluding hydrogens is 298 g/mol. The summed E-state index contributed by atoms with van der Waals surface area (Å²) in [7, 11) is 5.96. The van der Waals surface area contributed by atoms with Gasteiger partial charge in [-0.15, -0.1) is 0 Å². The highest BCUT2D eigenvalue weighted by atomic mass is 16.6. The van der Waals surface area contributed by atoms with Crippen LogP contribution in [0.3, 0.4) is 0 Å². The molecule has 0 aromatic rings. The molecule has 1 amide bonds. The van der Waals surface area contributed by atoms with E-state index in [0.29, 0.717) is 13.1 Å². The Labute approximate surface area is 139 Å². The predicted molar refractivity (Wildman–Crippen MR) is 88.6 cm³/mol. The van der Waals surface area contributed by atoms with E-state index in [4.69, 9.17) is 4.74 Å². The summed E-state index contributed by atoms with van der Waals surface area (Å²) in [4.78, 5) is 29.1. The third kappa shape index (κ3) is 5.99. The Morgan fingerprint density at radius 1 is 1.17 bits per heavy atom. The standard InChI is InChI=1S/C16H31N3O4/c1-15(2,3)23-14(22)19-11-16(12-19,10-13(20)21)18(6)9-7-8-17(4)5/h7-12H2,1-6H3,(H,20,21). The lowest BCUT2D eigenvalue weighted by Crippen LogP contribution is -2.71. The Morgan fingerprint density at radius 2 is 1.74 bits per heavy atom. The van der Waals surface area contributed by atoms with Gasteiger partial charge < -0.3 is 19.6 Å². The summed E-state index contributed by atoms with van der Waals surface area (Å²) >= 11 is 0. The fourth-order valence-electron chi connectivity index (χ4n) is 2.75. The topological polar surface area (TPSA) is 73.3 Å². The van der Waals surface area contributed by atoms with E-state index in [0.717, 1.165) is 19.5 Å². The first-order chi connectivity index (χ1) is 10.4. The molecule has 0 saturated carbocycles. The van der Waals surface area contributed by atoms with E-state index in [1.807, 2.05) is 41.9 Å². The number of likely N-dealkylation sites (tertiary alicyclic amines) is 1. The molecular formula is C16H31N3O4. The minimum atomic E-state index is -0.840. The number of hydrogen-bond donors (Lipinski definition) is 1. The molecule has 0 atom stereocenters. The number of carboxylic acid groups (broad SMARTS) is 1. The lowest BCUT2D eigenvalue weighted by Gasteiger charge is -2.54. The molecule has 1 aliphatic heterocycles. The number of ether oxygens (including phenoxy) is 1. The fraction of sp³-hybridized carbons (Fsp3) is 0.875. The largest absolute Gasteiger partial charge is 0.481 e. The van der Waals surface area contributed by atoms with Gasteiger partial charge in [0.2, 0.25) is 0 Å². The third-order valence-electron chi connectivity index (χ3n) is 4.01. The van der Waals surface area contributed by atoms with E-state index in [1.54, 1.807) is 4.90 Å². The SMILES string of the molecule is CN(C)CCCN(C)C1(CC(=O)O)CN(C(=O)OC(C)(C)C)C1. The van der Waals surface area contributed by atoms with E-state index >= 15 is 0 Å². The number of likely N-dealkylation sites (N-methyl/N-ethyl adjacent to an activating group) is 1. The van der Waals surface area contributed by atoms with Crippen molar-refractivity contribution in [2.24, 2.45) is 0 Å². The van der Waals surface area contributed by atoms with Gasteiger partial charge in [0.25, 0.3) is 0 Å². The van der Waals surface area contributed by atoms with E-state index < -0.39 is 17.1 Å². The predicted octanol–water partition coefficient (Wildman–Crippen LogP) is 1.33. The zero-order valence-electron chi connectivity index (χ0n) is 15.3. The second kappa shape index (κ2) is 7.49. The Kier molecular flexibility index (Phi) is 6.41. The van der Waals surface area contributed by atoms with E-state index in [-0.39, 0.29) is 12.5 Å². The summed E-state index contributed by atoms with van der Waals surface area (Å²) < 4.78 is 5.35. The highest BCUT2D eigenvalue weighted by Gasteiger charge is 2.50. The van der Waals surface area contributed by atoms with Crippen LogP contribution in [0.4, 0.5) is 4.79 Å². The second-order valence-corrected chi connectivity index (χ2v) is 7.71. The summed E-state index contributed by atoms with van der Waals surface area (Å²) in [5.74, 6) is -0.840. The summed E-state index contributed by atoms with van der Waals surface area (Å²) in [5.41, 5.74) is -1.03. The smallest absolute Gasteiger partial charge is 0.410 e. The van der Waals surface area contributed by atoms with E-state index in [2.05, 4.69) is 9.80 Å². The van der Waals surface area contributed by atoms with Crippen LogP contribution < -0.4 is 0 Å². The Hall–Kier alpha value is -1.34.